The normalized spacial score (nSPS) is 16.4. The molecule has 11 heteroatoms. The second-order valence-electron chi connectivity index (χ2n) is 8.76. The number of hydrogen-bond acceptors (Lipinski definition) is 7. The highest BCUT2D eigenvalue weighted by atomic mass is 32.1. The number of nitrogens with zero attached hydrogens (tertiary/aromatic N) is 3. The number of aromatic amines is 1. The lowest BCUT2D eigenvalue weighted by atomic mass is 9.93. The molecule has 1 atom stereocenters. The average Bonchev–Trinajstić information content (AvgIpc) is 3.65. The molecule has 1 saturated heterocycles. The van der Waals surface area contributed by atoms with Crippen LogP contribution in [0.5, 0.6) is 0 Å². The molecule has 0 spiro atoms. The molecule has 1 fully saturated rings. The number of carboxylic acid groups (broad SMARTS) is 1. The molecular weight excluding hydrogens is 487 g/mol. The minimum Gasteiger partial charge on any atom is -0.477 e. The van der Waals surface area contributed by atoms with Gasteiger partial charge < -0.3 is 10.0 Å². The first-order valence-electron chi connectivity index (χ1n) is 11.4. The fourth-order valence-corrected chi connectivity index (χ4v) is 5.97. The zero-order valence-electron chi connectivity index (χ0n) is 18.8. The van der Waals surface area contributed by atoms with Crippen LogP contribution in [-0.4, -0.2) is 43.6 Å². The summed E-state index contributed by atoms with van der Waals surface area (Å²) in [5.74, 6) is -2.21. The molecule has 1 amide bonds. The predicted octanol–water partition coefficient (Wildman–Crippen LogP) is 4.07. The van der Waals surface area contributed by atoms with Crippen molar-refractivity contribution in [3.05, 3.63) is 80.2 Å². The minimum atomic E-state index is -1.07. The third-order valence-electron chi connectivity index (χ3n) is 6.65. The molecule has 5 heterocycles. The number of hydrogen-bond donors (Lipinski definition) is 2. The van der Waals surface area contributed by atoms with E-state index in [1.807, 2.05) is 0 Å². The number of aryl methyl sites for hydroxylation is 2. The van der Waals surface area contributed by atoms with Gasteiger partial charge in [-0.1, -0.05) is 17.3 Å². The van der Waals surface area contributed by atoms with E-state index in [9.17, 15) is 23.9 Å². The summed E-state index contributed by atoms with van der Waals surface area (Å²) in [7, 11) is 0. The summed E-state index contributed by atoms with van der Waals surface area (Å²) in [5.41, 5.74) is 3.46. The summed E-state index contributed by atoms with van der Waals surface area (Å²) in [5, 5.41) is 13.4. The molecule has 4 aromatic rings. The smallest absolute Gasteiger partial charge is 0.439 e. The van der Waals surface area contributed by atoms with E-state index in [2.05, 4.69) is 10.1 Å². The second kappa shape index (κ2) is 8.52. The van der Waals surface area contributed by atoms with Gasteiger partial charge in [0.2, 0.25) is 0 Å². The summed E-state index contributed by atoms with van der Waals surface area (Å²) in [6.07, 6.45) is 2.59. The van der Waals surface area contributed by atoms with E-state index in [1.54, 1.807) is 23.1 Å². The van der Waals surface area contributed by atoms with Gasteiger partial charge >= 0.3 is 11.7 Å². The third-order valence-corrected chi connectivity index (χ3v) is 7.74. The fourth-order valence-electron chi connectivity index (χ4n) is 5.07. The Morgan fingerprint density at radius 3 is 2.64 bits per heavy atom. The van der Waals surface area contributed by atoms with Crippen LogP contribution in [0.3, 0.4) is 0 Å². The molecule has 3 aromatic heterocycles. The van der Waals surface area contributed by atoms with Gasteiger partial charge in [0.1, 0.15) is 10.7 Å². The number of aromatic nitrogens is 3. The number of carbonyl (C=O) groups excluding carboxylic acids is 1. The van der Waals surface area contributed by atoms with E-state index in [4.69, 9.17) is 9.51 Å². The Morgan fingerprint density at radius 2 is 1.94 bits per heavy atom. The van der Waals surface area contributed by atoms with Crippen molar-refractivity contribution in [3.63, 3.8) is 0 Å². The SMILES string of the molecule is O=C(O)c1ccc(-c2c3c(nc(CCc4ccc(F)cc4)c2-c2noc(=O)[nH]2)[C@@H]2CCCN2C3=O)s1. The average molecular weight is 507 g/mol. The van der Waals surface area contributed by atoms with Gasteiger partial charge in [0, 0.05) is 17.0 Å². The number of thiophene rings is 1. The van der Waals surface area contributed by atoms with Crippen molar-refractivity contribution in [3.8, 4) is 21.8 Å². The molecule has 0 radical (unpaired) electrons. The molecule has 36 heavy (non-hydrogen) atoms. The van der Waals surface area contributed by atoms with E-state index < -0.39 is 11.7 Å². The van der Waals surface area contributed by atoms with Crippen molar-refractivity contribution in [1.82, 2.24) is 20.0 Å². The maximum absolute atomic E-state index is 13.5. The molecule has 9 nitrogen and oxygen atoms in total. The number of H-pyrrole nitrogens is 1. The van der Waals surface area contributed by atoms with Crippen LogP contribution in [0.15, 0.2) is 45.7 Å². The number of rotatable bonds is 6. The summed E-state index contributed by atoms with van der Waals surface area (Å²) < 4.78 is 18.2. The van der Waals surface area contributed by atoms with Gasteiger partial charge in [-0.05, 0) is 55.5 Å². The molecule has 2 N–H and O–H groups in total. The van der Waals surface area contributed by atoms with E-state index in [0.717, 1.165) is 29.7 Å². The van der Waals surface area contributed by atoms with E-state index in [-0.39, 0.29) is 28.5 Å². The maximum atomic E-state index is 13.5. The number of carboxylic acids is 1. The molecule has 2 aliphatic heterocycles. The molecule has 2 aliphatic rings. The highest BCUT2D eigenvalue weighted by Crippen LogP contribution is 2.48. The first-order chi connectivity index (χ1) is 17.4. The lowest BCUT2D eigenvalue weighted by Gasteiger charge is -2.16. The van der Waals surface area contributed by atoms with Crippen LogP contribution in [0.2, 0.25) is 0 Å². The first kappa shape index (κ1) is 22.4. The van der Waals surface area contributed by atoms with Crippen molar-refractivity contribution < 1.29 is 23.6 Å². The highest BCUT2D eigenvalue weighted by molar-refractivity contribution is 7.17. The van der Waals surface area contributed by atoms with E-state index >= 15 is 0 Å². The molecule has 1 aromatic carbocycles. The van der Waals surface area contributed by atoms with Crippen molar-refractivity contribution in [2.24, 2.45) is 0 Å². The van der Waals surface area contributed by atoms with Crippen LogP contribution < -0.4 is 5.76 Å². The summed E-state index contributed by atoms with van der Waals surface area (Å²) >= 11 is 1.04. The van der Waals surface area contributed by atoms with Crippen molar-refractivity contribution >= 4 is 23.2 Å². The van der Waals surface area contributed by atoms with E-state index in [1.165, 1.54) is 18.2 Å². The van der Waals surface area contributed by atoms with Gasteiger partial charge in [-0.3, -0.25) is 19.3 Å². The number of fused-ring (bicyclic) bond motifs is 3. The van der Waals surface area contributed by atoms with Crippen LogP contribution >= 0.6 is 11.3 Å². The Labute approximate surface area is 207 Å². The van der Waals surface area contributed by atoms with Gasteiger partial charge in [0.15, 0.2) is 5.82 Å². The lowest BCUT2D eigenvalue weighted by molar-refractivity contribution is 0.0701. The fraction of sp³-hybridized carbons (Fsp3) is 0.240. The Morgan fingerprint density at radius 1 is 1.14 bits per heavy atom. The summed E-state index contributed by atoms with van der Waals surface area (Å²) in [4.78, 5) is 47.1. The monoisotopic (exact) mass is 506 g/mol. The molecule has 0 saturated carbocycles. The number of amides is 1. The van der Waals surface area contributed by atoms with Gasteiger partial charge in [0.05, 0.1) is 28.6 Å². The molecule has 0 bridgehead atoms. The van der Waals surface area contributed by atoms with Crippen LogP contribution in [0.25, 0.3) is 21.8 Å². The van der Waals surface area contributed by atoms with Gasteiger partial charge in [-0.2, -0.15) is 0 Å². The number of nitrogens with one attached hydrogen (secondary N) is 1. The largest absolute Gasteiger partial charge is 0.477 e. The standard InChI is InChI=1S/C25H19FN4O5S/c26-13-6-3-12(4-7-13)5-8-14-18(22-28-25(34)35-29-22)19(16-9-10-17(36-16)24(32)33)20-21(27-14)15-2-1-11-30(15)23(20)31/h3-4,6-7,9-10,15H,1-2,5,8,11H2,(H,32,33)(H,28,29,34)/t15-/m0/s1. The molecule has 0 aliphatic carbocycles. The summed E-state index contributed by atoms with van der Waals surface area (Å²) in [6.45, 7) is 0.616. The van der Waals surface area contributed by atoms with Crippen LogP contribution in [-0.2, 0) is 12.8 Å². The van der Waals surface area contributed by atoms with Crippen molar-refractivity contribution in [1.29, 1.82) is 0 Å². The quantitative estimate of drug-likeness (QED) is 0.403. The molecular formula is C25H19FN4O5S. The molecule has 0 unspecified atom stereocenters. The zero-order valence-corrected chi connectivity index (χ0v) is 19.6. The van der Waals surface area contributed by atoms with Crippen molar-refractivity contribution in [2.75, 3.05) is 6.54 Å². The molecule has 6 rings (SSSR count). The molecule has 182 valence electrons. The Hall–Kier alpha value is -4.12. The van der Waals surface area contributed by atoms with Gasteiger partial charge in [-0.25, -0.2) is 14.0 Å². The Bertz CT molecular complexity index is 1570. The minimum absolute atomic E-state index is 0.115. The Kier molecular flexibility index (Phi) is 5.29. The number of aromatic carboxylic acids is 1. The second-order valence-corrected chi connectivity index (χ2v) is 9.85. The van der Waals surface area contributed by atoms with Crippen LogP contribution in [0.4, 0.5) is 4.39 Å². The first-order valence-corrected chi connectivity index (χ1v) is 12.2. The number of pyridine rings is 1. The summed E-state index contributed by atoms with van der Waals surface area (Å²) in [6, 6.07) is 9.17. The van der Waals surface area contributed by atoms with Crippen LogP contribution in [0.1, 0.15) is 55.9 Å². The van der Waals surface area contributed by atoms with E-state index in [0.29, 0.717) is 52.3 Å². The lowest BCUT2D eigenvalue weighted by Crippen LogP contribution is -2.22. The van der Waals surface area contributed by atoms with Gasteiger partial charge in [0.25, 0.3) is 5.91 Å². The zero-order chi connectivity index (χ0) is 25.0. The third kappa shape index (κ3) is 3.63. The van der Waals surface area contributed by atoms with Crippen LogP contribution in [0, 0.1) is 5.82 Å². The number of benzene rings is 1. The number of carbonyl (C=O) groups is 2. The number of halogens is 1. The van der Waals surface area contributed by atoms with Gasteiger partial charge in [-0.15, -0.1) is 11.3 Å². The predicted molar refractivity (Wildman–Crippen MR) is 127 cm³/mol. The Balaban J connectivity index is 1.59. The topological polar surface area (TPSA) is 129 Å². The highest BCUT2D eigenvalue weighted by Gasteiger charge is 2.44. The maximum Gasteiger partial charge on any atom is 0.439 e. The van der Waals surface area contributed by atoms with Crippen molar-refractivity contribution in [2.45, 2.75) is 31.7 Å².